The molecular formula is C17H13ClN2O2. The Bertz CT molecular complexity index is 813. The molecule has 1 aromatic heterocycles. The lowest BCUT2D eigenvalue weighted by molar-refractivity contribution is 0.102. The zero-order chi connectivity index (χ0) is 15.5. The fourth-order valence-corrected chi connectivity index (χ4v) is 2.36. The summed E-state index contributed by atoms with van der Waals surface area (Å²) < 4.78 is 4.89. The van der Waals surface area contributed by atoms with Crippen LogP contribution in [0.5, 0.6) is 0 Å². The number of aromatic nitrogens is 1. The summed E-state index contributed by atoms with van der Waals surface area (Å²) in [5.74, 6) is 0.169. The maximum absolute atomic E-state index is 12.1. The lowest BCUT2D eigenvalue weighted by atomic mass is 10.1. The van der Waals surface area contributed by atoms with E-state index in [0.717, 1.165) is 11.1 Å². The average Bonchev–Trinajstić information content (AvgIpc) is 2.96. The van der Waals surface area contributed by atoms with Crippen molar-refractivity contribution in [2.75, 3.05) is 5.32 Å². The van der Waals surface area contributed by atoms with Gasteiger partial charge in [-0.05, 0) is 30.2 Å². The fraction of sp³-hybridized carbons (Fsp3) is 0.0588. The second-order valence-electron chi connectivity index (χ2n) is 4.81. The maximum atomic E-state index is 12.1. The van der Waals surface area contributed by atoms with Crippen LogP contribution in [-0.2, 0) is 0 Å². The molecule has 110 valence electrons. The third kappa shape index (κ3) is 2.87. The summed E-state index contributed by atoms with van der Waals surface area (Å²) in [5.41, 5.74) is 3.00. The molecular weight excluding hydrogens is 300 g/mol. The van der Waals surface area contributed by atoms with E-state index in [2.05, 4.69) is 10.5 Å². The molecule has 22 heavy (non-hydrogen) atoms. The van der Waals surface area contributed by atoms with Crippen LogP contribution in [0.2, 0.25) is 5.02 Å². The maximum Gasteiger partial charge on any atom is 0.260 e. The number of halogens is 1. The van der Waals surface area contributed by atoms with Crippen molar-refractivity contribution in [1.29, 1.82) is 0 Å². The number of carbonyl (C=O) groups is 1. The molecule has 0 unspecified atom stereocenters. The van der Waals surface area contributed by atoms with Crippen molar-refractivity contribution in [2.24, 2.45) is 0 Å². The average molecular weight is 313 g/mol. The predicted octanol–water partition coefficient (Wildman–Crippen LogP) is 4.56. The van der Waals surface area contributed by atoms with Crippen LogP contribution >= 0.6 is 11.6 Å². The topological polar surface area (TPSA) is 55.1 Å². The van der Waals surface area contributed by atoms with Crippen LogP contribution in [0, 0.1) is 6.92 Å². The van der Waals surface area contributed by atoms with Crippen molar-refractivity contribution in [3.05, 3.63) is 71.1 Å². The number of carbonyl (C=O) groups excluding carboxylic acids is 1. The van der Waals surface area contributed by atoms with Crippen LogP contribution in [0.25, 0.3) is 11.1 Å². The molecule has 0 spiro atoms. The summed E-state index contributed by atoms with van der Waals surface area (Å²) in [7, 11) is 0. The SMILES string of the molecule is Cc1oncc1C(=O)Nc1ccc(-c2ccccc2)cc1Cl. The van der Waals surface area contributed by atoms with Gasteiger partial charge in [0.25, 0.3) is 5.91 Å². The summed E-state index contributed by atoms with van der Waals surface area (Å²) in [6.45, 7) is 1.68. The molecule has 3 rings (SSSR count). The first-order valence-electron chi connectivity index (χ1n) is 6.73. The van der Waals surface area contributed by atoms with E-state index in [-0.39, 0.29) is 5.91 Å². The molecule has 0 atom stereocenters. The molecule has 5 heteroatoms. The standard InChI is InChI=1S/C17H13ClN2O2/c1-11-14(10-19-22-11)17(21)20-16-8-7-13(9-15(16)18)12-5-3-2-4-6-12/h2-10H,1H3,(H,20,21). The highest BCUT2D eigenvalue weighted by Gasteiger charge is 2.14. The lowest BCUT2D eigenvalue weighted by Gasteiger charge is -2.09. The van der Waals surface area contributed by atoms with Gasteiger partial charge in [0.15, 0.2) is 0 Å². The normalized spacial score (nSPS) is 10.5. The van der Waals surface area contributed by atoms with E-state index in [4.69, 9.17) is 16.1 Å². The largest absolute Gasteiger partial charge is 0.361 e. The molecule has 0 saturated heterocycles. The van der Waals surface area contributed by atoms with Gasteiger partial charge in [-0.15, -0.1) is 0 Å². The van der Waals surface area contributed by atoms with Gasteiger partial charge in [-0.2, -0.15) is 0 Å². The van der Waals surface area contributed by atoms with E-state index < -0.39 is 0 Å². The lowest BCUT2D eigenvalue weighted by Crippen LogP contribution is -2.12. The molecule has 4 nitrogen and oxygen atoms in total. The van der Waals surface area contributed by atoms with E-state index in [0.29, 0.717) is 22.0 Å². The van der Waals surface area contributed by atoms with E-state index in [9.17, 15) is 4.79 Å². The van der Waals surface area contributed by atoms with Crippen LogP contribution in [0.4, 0.5) is 5.69 Å². The van der Waals surface area contributed by atoms with Gasteiger partial charge < -0.3 is 9.84 Å². The predicted molar refractivity (Wildman–Crippen MR) is 86.1 cm³/mol. The summed E-state index contributed by atoms with van der Waals surface area (Å²) in [4.78, 5) is 12.1. The third-order valence-electron chi connectivity index (χ3n) is 3.32. The number of amides is 1. The molecule has 0 aliphatic carbocycles. The molecule has 0 aliphatic heterocycles. The molecule has 3 aromatic rings. The van der Waals surface area contributed by atoms with E-state index >= 15 is 0 Å². The minimum absolute atomic E-state index is 0.298. The Balaban J connectivity index is 1.84. The van der Waals surface area contributed by atoms with Crippen molar-refractivity contribution < 1.29 is 9.32 Å². The van der Waals surface area contributed by atoms with Gasteiger partial charge in [0.1, 0.15) is 11.3 Å². The molecule has 0 fully saturated rings. The van der Waals surface area contributed by atoms with Crippen LogP contribution in [-0.4, -0.2) is 11.1 Å². The number of anilines is 1. The Morgan fingerprint density at radius 2 is 1.91 bits per heavy atom. The molecule has 0 aliphatic rings. The van der Waals surface area contributed by atoms with Gasteiger partial charge in [0.05, 0.1) is 16.9 Å². The number of hydrogen-bond acceptors (Lipinski definition) is 3. The Hall–Kier alpha value is -2.59. The van der Waals surface area contributed by atoms with Crippen LogP contribution in [0.15, 0.2) is 59.3 Å². The first-order valence-corrected chi connectivity index (χ1v) is 7.10. The van der Waals surface area contributed by atoms with Gasteiger partial charge in [0.2, 0.25) is 0 Å². The number of benzene rings is 2. The number of nitrogens with zero attached hydrogens (tertiary/aromatic N) is 1. The molecule has 0 saturated carbocycles. The van der Waals surface area contributed by atoms with Crippen molar-refractivity contribution in [3.63, 3.8) is 0 Å². The van der Waals surface area contributed by atoms with Gasteiger partial charge in [0, 0.05) is 0 Å². The molecule has 0 bridgehead atoms. The van der Waals surface area contributed by atoms with Gasteiger partial charge in [-0.1, -0.05) is 53.2 Å². The summed E-state index contributed by atoms with van der Waals surface area (Å²) in [5, 5.41) is 6.83. The number of aryl methyl sites for hydroxylation is 1. The van der Waals surface area contributed by atoms with Crippen LogP contribution in [0.3, 0.4) is 0 Å². The monoisotopic (exact) mass is 312 g/mol. The second-order valence-corrected chi connectivity index (χ2v) is 5.22. The first kappa shape index (κ1) is 14.4. The molecule has 1 heterocycles. The van der Waals surface area contributed by atoms with Crippen LogP contribution in [0.1, 0.15) is 16.1 Å². The Labute approximate surface area is 132 Å². The minimum Gasteiger partial charge on any atom is -0.361 e. The molecule has 1 N–H and O–H groups in total. The Morgan fingerprint density at radius 1 is 1.14 bits per heavy atom. The Kier molecular flexibility index (Phi) is 3.94. The molecule has 0 radical (unpaired) electrons. The quantitative estimate of drug-likeness (QED) is 0.771. The van der Waals surface area contributed by atoms with Crippen molar-refractivity contribution in [2.45, 2.75) is 6.92 Å². The van der Waals surface area contributed by atoms with Gasteiger partial charge >= 0.3 is 0 Å². The highest BCUT2D eigenvalue weighted by molar-refractivity contribution is 6.34. The molecule has 2 aromatic carbocycles. The van der Waals surface area contributed by atoms with Crippen LogP contribution < -0.4 is 5.32 Å². The zero-order valence-electron chi connectivity index (χ0n) is 11.8. The number of nitrogens with one attached hydrogen (secondary N) is 1. The summed E-state index contributed by atoms with van der Waals surface area (Å²) >= 11 is 6.27. The van der Waals surface area contributed by atoms with Crippen molar-refractivity contribution >= 4 is 23.2 Å². The van der Waals surface area contributed by atoms with E-state index in [1.165, 1.54) is 6.20 Å². The smallest absolute Gasteiger partial charge is 0.260 e. The fourth-order valence-electron chi connectivity index (χ4n) is 2.13. The Morgan fingerprint density at radius 3 is 2.55 bits per heavy atom. The summed E-state index contributed by atoms with van der Waals surface area (Å²) in [6.07, 6.45) is 1.39. The van der Waals surface area contributed by atoms with Gasteiger partial charge in [-0.25, -0.2) is 0 Å². The summed E-state index contributed by atoms with van der Waals surface area (Å²) in [6, 6.07) is 15.4. The minimum atomic E-state index is -0.298. The number of hydrogen-bond donors (Lipinski definition) is 1. The third-order valence-corrected chi connectivity index (χ3v) is 3.63. The number of rotatable bonds is 3. The first-order chi connectivity index (χ1) is 10.6. The highest BCUT2D eigenvalue weighted by atomic mass is 35.5. The second kappa shape index (κ2) is 6.03. The van der Waals surface area contributed by atoms with Crippen molar-refractivity contribution in [1.82, 2.24) is 5.16 Å². The van der Waals surface area contributed by atoms with E-state index in [1.807, 2.05) is 42.5 Å². The highest BCUT2D eigenvalue weighted by Crippen LogP contribution is 2.29. The van der Waals surface area contributed by atoms with Crippen molar-refractivity contribution in [3.8, 4) is 11.1 Å². The molecule has 1 amide bonds. The van der Waals surface area contributed by atoms with Gasteiger partial charge in [-0.3, -0.25) is 4.79 Å². The zero-order valence-corrected chi connectivity index (χ0v) is 12.6. The van der Waals surface area contributed by atoms with E-state index in [1.54, 1.807) is 13.0 Å².